The third kappa shape index (κ3) is 3.55. The predicted octanol–water partition coefficient (Wildman–Crippen LogP) is 4.54. The Kier molecular flexibility index (Phi) is 4.72. The van der Waals surface area contributed by atoms with Crippen LogP contribution in [0.15, 0.2) is 24.5 Å². The Hall–Kier alpha value is -1.90. The van der Waals surface area contributed by atoms with Gasteiger partial charge in [-0.2, -0.15) is 13.2 Å². The fourth-order valence-corrected chi connectivity index (χ4v) is 5.39. The van der Waals surface area contributed by atoms with Gasteiger partial charge in [-0.1, -0.05) is 17.7 Å². The van der Waals surface area contributed by atoms with Crippen LogP contribution in [0.2, 0.25) is 5.15 Å². The largest absolute Gasteiger partial charge is 0.406 e. The molecular formula is C21H22ClF3N4O. The Bertz CT molecular complexity index is 1100. The van der Waals surface area contributed by atoms with Crippen LogP contribution >= 0.6 is 11.6 Å². The zero-order valence-electron chi connectivity index (χ0n) is 16.3. The molecule has 0 atom stereocenters. The van der Waals surface area contributed by atoms with E-state index in [2.05, 4.69) is 14.9 Å². The van der Waals surface area contributed by atoms with Gasteiger partial charge in [-0.15, -0.1) is 0 Å². The number of hydrogen-bond donors (Lipinski definition) is 1. The van der Waals surface area contributed by atoms with Gasteiger partial charge in [0, 0.05) is 11.9 Å². The number of rotatable bonds is 3. The van der Waals surface area contributed by atoms with Crippen LogP contribution in [-0.2, 0) is 13.1 Å². The van der Waals surface area contributed by atoms with Crippen molar-refractivity contribution >= 4 is 33.5 Å². The maximum Gasteiger partial charge on any atom is 0.406 e. The highest BCUT2D eigenvalue weighted by Crippen LogP contribution is 2.49. The molecule has 3 heterocycles. The van der Waals surface area contributed by atoms with Gasteiger partial charge in [0.05, 0.1) is 11.6 Å². The predicted molar refractivity (Wildman–Crippen MR) is 108 cm³/mol. The van der Waals surface area contributed by atoms with Crippen molar-refractivity contribution in [1.82, 2.24) is 19.4 Å². The van der Waals surface area contributed by atoms with E-state index in [9.17, 15) is 18.3 Å². The molecule has 2 fully saturated rings. The molecule has 0 radical (unpaired) electrons. The quantitative estimate of drug-likeness (QED) is 0.610. The Balaban J connectivity index is 1.44. The molecule has 0 unspecified atom stereocenters. The standard InChI is InChI=1S/C21H22ClF3N4O/c22-19-18-17(26-12-27-19)15-7-13(1-2-16(15)29(18)11-21(23,24)25)10-28-5-3-20(4-6-28)8-14(30)9-20/h1-2,7,12,14,30H,3-6,8-11H2. The van der Waals surface area contributed by atoms with Gasteiger partial charge in [0.2, 0.25) is 0 Å². The Morgan fingerprint density at radius 1 is 1.17 bits per heavy atom. The van der Waals surface area contributed by atoms with Crippen molar-refractivity contribution in [3.05, 3.63) is 35.2 Å². The van der Waals surface area contributed by atoms with E-state index in [1.54, 1.807) is 6.07 Å². The second-order valence-electron chi connectivity index (χ2n) is 8.75. The number of aliphatic hydroxyl groups excluding tert-OH is 1. The number of aliphatic hydroxyl groups is 1. The zero-order chi connectivity index (χ0) is 21.1. The summed E-state index contributed by atoms with van der Waals surface area (Å²) in [5, 5.41) is 10.3. The van der Waals surface area contributed by atoms with E-state index in [1.165, 1.54) is 6.33 Å². The summed E-state index contributed by atoms with van der Waals surface area (Å²) in [6.07, 6.45) is 0.751. The molecule has 9 heteroatoms. The number of nitrogens with zero attached hydrogens (tertiary/aromatic N) is 4. The molecule has 1 saturated heterocycles. The zero-order valence-corrected chi connectivity index (χ0v) is 17.0. The molecule has 0 bridgehead atoms. The highest BCUT2D eigenvalue weighted by Gasteiger charge is 2.44. The minimum atomic E-state index is -4.38. The summed E-state index contributed by atoms with van der Waals surface area (Å²) in [4.78, 5) is 10.5. The lowest BCUT2D eigenvalue weighted by Crippen LogP contribution is -2.48. The van der Waals surface area contributed by atoms with Gasteiger partial charge in [-0.25, -0.2) is 9.97 Å². The van der Waals surface area contributed by atoms with Crippen LogP contribution in [0.25, 0.3) is 21.9 Å². The van der Waals surface area contributed by atoms with Crippen molar-refractivity contribution < 1.29 is 18.3 Å². The van der Waals surface area contributed by atoms with Gasteiger partial charge in [0.25, 0.3) is 0 Å². The van der Waals surface area contributed by atoms with Crippen molar-refractivity contribution in [3.63, 3.8) is 0 Å². The first-order valence-corrected chi connectivity index (χ1v) is 10.5. The van der Waals surface area contributed by atoms with Crippen LogP contribution in [0.4, 0.5) is 13.2 Å². The number of alkyl halides is 3. The highest BCUT2D eigenvalue weighted by atomic mass is 35.5. The normalized spacial score (nSPS) is 20.3. The van der Waals surface area contributed by atoms with E-state index in [-0.39, 0.29) is 16.8 Å². The topological polar surface area (TPSA) is 54.2 Å². The van der Waals surface area contributed by atoms with Crippen LogP contribution in [0.1, 0.15) is 31.2 Å². The average Bonchev–Trinajstić information content (AvgIpc) is 2.95. The Morgan fingerprint density at radius 3 is 2.57 bits per heavy atom. The second-order valence-corrected chi connectivity index (χ2v) is 9.11. The fourth-order valence-electron chi connectivity index (χ4n) is 5.16. The molecular weight excluding hydrogens is 417 g/mol. The first-order valence-electron chi connectivity index (χ1n) is 10.1. The van der Waals surface area contributed by atoms with Crippen molar-refractivity contribution in [3.8, 4) is 0 Å². The van der Waals surface area contributed by atoms with E-state index in [0.717, 1.165) is 55.4 Å². The van der Waals surface area contributed by atoms with Crippen LogP contribution < -0.4 is 0 Å². The summed E-state index contributed by atoms with van der Waals surface area (Å²) in [6.45, 7) is 1.53. The third-order valence-corrected chi connectivity index (χ3v) is 6.93. The lowest BCUT2D eigenvalue weighted by atomic mass is 9.61. The SMILES string of the molecule is OC1CC2(CCN(Cc3ccc4c(c3)c3ncnc(Cl)c3n4CC(F)(F)F)CC2)C1. The van der Waals surface area contributed by atoms with Crippen LogP contribution in [0.3, 0.4) is 0 Å². The van der Waals surface area contributed by atoms with Gasteiger partial charge in [-0.05, 0) is 61.9 Å². The lowest BCUT2D eigenvalue weighted by molar-refractivity contribution is -0.139. The molecule has 1 saturated carbocycles. The van der Waals surface area contributed by atoms with Crippen LogP contribution in [0.5, 0.6) is 0 Å². The smallest absolute Gasteiger partial charge is 0.393 e. The summed E-state index contributed by atoms with van der Waals surface area (Å²) >= 11 is 6.15. The maximum absolute atomic E-state index is 13.2. The summed E-state index contributed by atoms with van der Waals surface area (Å²) in [5.74, 6) is 0. The van der Waals surface area contributed by atoms with Crippen molar-refractivity contribution in [2.24, 2.45) is 5.41 Å². The lowest BCUT2D eigenvalue weighted by Gasteiger charge is -2.50. The fraction of sp³-hybridized carbons (Fsp3) is 0.524. The van der Waals surface area contributed by atoms with Crippen LogP contribution in [-0.4, -0.2) is 49.9 Å². The number of likely N-dealkylation sites (tertiary alicyclic amines) is 1. The summed E-state index contributed by atoms with van der Waals surface area (Å²) < 4.78 is 40.7. The summed E-state index contributed by atoms with van der Waals surface area (Å²) in [5.41, 5.74) is 2.46. The van der Waals surface area contributed by atoms with Crippen LogP contribution in [0, 0.1) is 5.41 Å². The number of aromatic nitrogens is 3. The number of hydrogen-bond acceptors (Lipinski definition) is 4. The molecule has 2 aliphatic rings. The van der Waals surface area contributed by atoms with Gasteiger partial charge in [0.1, 0.15) is 23.9 Å². The molecule has 30 heavy (non-hydrogen) atoms. The monoisotopic (exact) mass is 438 g/mol. The van der Waals surface area contributed by atoms with E-state index in [1.807, 2.05) is 12.1 Å². The van der Waals surface area contributed by atoms with Gasteiger partial charge < -0.3 is 9.67 Å². The number of benzene rings is 1. The van der Waals surface area contributed by atoms with Gasteiger partial charge in [-0.3, -0.25) is 4.90 Å². The maximum atomic E-state index is 13.2. The summed E-state index contributed by atoms with van der Waals surface area (Å²) in [7, 11) is 0. The molecule has 3 aromatic rings. The molecule has 160 valence electrons. The van der Waals surface area contributed by atoms with Gasteiger partial charge >= 0.3 is 6.18 Å². The van der Waals surface area contributed by atoms with Crippen molar-refractivity contribution in [2.75, 3.05) is 13.1 Å². The van der Waals surface area contributed by atoms with E-state index >= 15 is 0 Å². The van der Waals surface area contributed by atoms with E-state index < -0.39 is 12.7 Å². The van der Waals surface area contributed by atoms with Gasteiger partial charge in [0.15, 0.2) is 5.15 Å². The molecule has 5 rings (SSSR count). The van der Waals surface area contributed by atoms with Crippen molar-refractivity contribution in [1.29, 1.82) is 0 Å². The van der Waals surface area contributed by atoms with Crippen molar-refractivity contribution in [2.45, 2.75) is 51.1 Å². The minimum absolute atomic E-state index is 0.0195. The second kappa shape index (κ2) is 7.07. The molecule has 2 aromatic heterocycles. The number of halogens is 4. The molecule has 1 spiro atoms. The third-order valence-electron chi connectivity index (χ3n) is 6.65. The first kappa shape index (κ1) is 20.0. The highest BCUT2D eigenvalue weighted by molar-refractivity contribution is 6.34. The molecule has 5 nitrogen and oxygen atoms in total. The van der Waals surface area contributed by atoms with E-state index in [0.29, 0.717) is 21.8 Å². The van der Waals surface area contributed by atoms with E-state index in [4.69, 9.17) is 11.6 Å². The number of piperidine rings is 1. The molecule has 1 N–H and O–H groups in total. The Morgan fingerprint density at radius 2 is 1.90 bits per heavy atom. The summed E-state index contributed by atoms with van der Waals surface area (Å²) in [6, 6.07) is 5.53. The molecule has 0 amide bonds. The molecule has 1 aliphatic carbocycles. The Labute approximate surface area is 176 Å². The average molecular weight is 439 g/mol. The minimum Gasteiger partial charge on any atom is -0.393 e. The molecule has 1 aromatic carbocycles. The number of fused-ring (bicyclic) bond motifs is 3. The first-order chi connectivity index (χ1) is 14.2. The molecule has 1 aliphatic heterocycles.